The van der Waals surface area contributed by atoms with E-state index in [9.17, 15) is 0 Å². The Kier molecular flexibility index (Phi) is 2.72. The van der Waals surface area contributed by atoms with Crippen LogP contribution in [0.4, 0.5) is 0 Å². The van der Waals surface area contributed by atoms with Gasteiger partial charge in [0, 0.05) is 11.8 Å². The maximum Gasteiger partial charge on any atom is 0.165 e. The Morgan fingerprint density at radius 2 is 1.76 bits per heavy atom. The van der Waals surface area contributed by atoms with Crippen molar-refractivity contribution >= 4 is 0 Å². The molecule has 1 aromatic rings. The minimum atomic E-state index is -0.309. The predicted molar refractivity (Wildman–Crippen MR) is 66.7 cm³/mol. The van der Waals surface area contributed by atoms with Crippen molar-refractivity contribution in [2.75, 3.05) is 13.2 Å². The Morgan fingerprint density at radius 3 is 2.47 bits per heavy atom. The molecule has 2 heteroatoms. The van der Waals surface area contributed by atoms with Gasteiger partial charge in [0.25, 0.3) is 0 Å². The molecule has 4 rings (SSSR count). The number of rotatable bonds is 2. The van der Waals surface area contributed by atoms with Crippen LogP contribution >= 0.6 is 0 Å². The summed E-state index contributed by atoms with van der Waals surface area (Å²) >= 11 is 0. The Labute approximate surface area is 103 Å². The van der Waals surface area contributed by atoms with Crippen LogP contribution in [0.5, 0.6) is 0 Å². The highest BCUT2D eigenvalue weighted by Crippen LogP contribution is 2.43. The molecule has 0 spiro atoms. The second-order valence-electron chi connectivity index (χ2n) is 5.73. The summed E-state index contributed by atoms with van der Waals surface area (Å²) in [6.07, 6.45) is 4.54. The van der Waals surface area contributed by atoms with E-state index >= 15 is 0 Å². The van der Waals surface area contributed by atoms with Gasteiger partial charge in [-0.2, -0.15) is 0 Å². The Hall–Kier alpha value is -0.860. The van der Waals surface area contributed by atoms with Gasteiger partial charge in [-0.15, -0.1) is 0 Å². The zero-order valence-corrected chi connectivity index (χ0v) is 10.4. The third-order valence-corrected chi connectivity index (χ3v) is 4.13. The molecular formula is C15H20O2. The second kappa shape index (κ2) is 4.11. The van der Waals surface area contributed by atoms with Crippen LogP contribution in [0.25, 0.3) is 0 Å². The average molecular weight is 232 g/mol. The van der Waals surface area contributed by atoms with Gasteiger partial charge in [-0.05, 0) is 31.7 Å². The topological polar surface area (TPSA) is 18.5 Å². The molecule has 0 unspecified atom stereocenters. The van der Waals surface area contributed by atoms with E-state index in [-0.39, 0.29) is 11.2 Å². The highest BCUT2D eigenvalue weighted by atomic mass is 16.7. The van der Waals surface area contributed by atoms with Gasteiger partial charge in [-0.25, -0.2) is 0 Å². The van der Waals surface area contributed by atoms with Gasteiger partial charge in [0.2, 0.25) is 0 Å². The van der Waals surface area contributed by atoms with E-state index in [0.29, 0.717) is 0 Å². The maximum absolute atomic E-state index is 5.94. The lowest BCUT2D eigenvalue weighted by atomic mass is 9.79. The van der Waals surface area contributed by atoms with Gasteiger partial charge in [0.15, 0.2) is 5.79 Å². The summed E-state index contributed by atoms with van der Waals surface area (Å²) in [6.45, 7) is 3.77. The minimum absolute atomic E-state index is 0.206. The molecule has 0 saturated carbocycles. The van der Waals surface area contributed by atoms with Crippen molar-refractivity contribution in [3.05, 3.63) is 35.9 Å². The van der Waals surface area contributed by atoms with E-state index in [2.05, 4.69) is 37.3 Å². The number of hydrogen-bond donors (Lipinski definition) is 0. The average Bonchev–Trinajstić information content (AvgIpc) is 2.60. The molecule has 0 atom stereocenters. The molecule has 0 radical (unpaired) electrons. The monoisotopic (exact) mass is 232 g/mol. The highest BCUT2D eigenvalue weighted by Gasteiger charge is 2.45. The lowest BCUT2D eigenvalue weighted by molar-refractivity contribution is -0.284. The van der Waals surface area contributed by atoms with Crippen LogP contribution in [0.15, 0.2) is 30.3 Å². The molecule has 0 amide bonds. The van der Waals surface area contributed by atoms with Crippen LogP contribution in [0.3, 0.4) is 0 Å². The minimum Gasteiger partial charge on any atom is -0.350 e. The van der Waals surface area contributed by atoms with Crippen molar-refractivity contribution in [2.45, 2.75) is 38.4 Å². The summed E-state index contributed by atoms with van der Waals surface area (Å²) in [6, 6.07) is 10.7. The zero-order valence-electron chi connectivity index (χ0n) is 10.4. The smallest absolute Gasteiger partial charge is 0.165 e. The molecular weight excluding hydrogens is 212 g/mol. The fourth-order valence-corrected chi connectivity index (χ4v) is 2.99. The molecule has 3 aliphatic rings. The highest BCUT2D eigenvalue weighted by molar-refractivity contribution is 5.17. The Bertz CT molecular complexity index is 377. The fraction of sp³-hybridized carbons (Fsp3) is 0.600. The SMILES string of the molecule is CC12CCCC(Cc3ccccc3)(CO1)CO2. The summed E-state index contributed by atoms with van der Waals surface area (Å²) in [5, 5.41) is 0. The van der Waals surface area contributed by atoms with E-state index < -0.39 is 0 Å². The summed E-state index contributed by atoms with van der Waals surface area (Å²) in [4.78, 5) is 0. The molecule has 0 aliphatic carbocycles. The van der Waals surface area contributed by atoms with E-state index in [0.717, 1.165) is 26.1 Å². The molecule has 17 heavy (non-hydrogen) atoms. The van der Waals surface area contributed by atoms with E-state index in [1.807, 2.05) is 0 Å². The Morgan fingerprint density at radius 1 is 1.06 bits per heavy atom. The van der Waals surface area contributed by atoms with Crippen LogP contribution in [0.2, 0.25) is 0 Å². The first-order chi connectivity index (χ1) is 8.20. The number of fused-ring (bicyclic) bond motifs is 4. The standard InChI is InChI=1S/C15H20O2/c1-14-8-5-9-15(11-16-14,12-17-14)10-13-6-3-2-4-7-13/h2-4,6-7H,5,8-12H2,1H3. The molecule has 3 heterocycles. The number of ether oxygens (including phenoxy) is 2. The number of benzene rings is 1. The van der Waals surface area contributed by atoms with Crippen LogP contribution in [0.1, 0.15) is 31.7 Å². The van der Waals surface area contributed by atoms with E-state index in [4.69, 9.17) is 9.47 Å². The molecule has 2 nitrogen and oxygen atoms in total. The zero-order chi connectivity index (χ0) is 11.8. The van der Waals surface area contributed by atoms with Crippen molar-refractivity contribution < 1.29 is 9.47 Å². The van der Waals surface area contributed by atoms with E-state index in [1.54, 1.807) is 0 Å². The fourth-order valence-electron chi connectivity index (χ4n) is 2.99. The third-order valence-electron chi connectivity index (χ3n) is 4.13. The number of hydrogen-bond acceptors (Lipinski definition) is 2. The first kappa shape index (κ1) is 11.2. The van der Waals surface area contributed by atoms with Gasteiger partial charge in [0.1, 0.15) is 0 Å². The largest absolute Gasteiger partial charge is 0.350 e. The molecule has 3 saturated heterocycles. The third kappa shape index (κ3) is 2.24. The van der Waals surface area contributed by atoms with Crippen LogP contribution in [-0.2, 0) is 15.9 Å². The van der Waals surface area contributed by atoms with Crippen molar-refractivity contribution in [3.8, 4) is 0 Å². The van der Waals surface area contributed by atoms with Gasteiger partial charge in [-0.3, -0.25) is 0 Å². The van der Waals surface area contributed by atoms with Crippen molar-refractivity contribution in [2.24, 2.45) is 5.41 Å². The lowest BCUT2D eigenvalue weighted by Gasteiger charge is -2.41. The summed E-state index contributed by atoms with van der Waals surface area (Å²) in [5.74, 6) is -0.309. The summed E-state index contributed by atoms with van der Waals surface area (Å²) in [5.41, 5.74) is 1.60. The van der Waals surface area contributed by atoms with Gasteiger partial charge in [0.05, 0.1) is 13.2 Å². The van der Waals surface area contributed by atoms with Gasteiger partial charge in [-0.1, -0.05) is 30.3 Å². The first-order valence-corrected chi connectivity index (χ1v) is 6.52. The van der Waals surface area contributed by atoms with Crippen molar-refractivity contribution in [3.63, 3.8) is 0 Å². The molecule has 1 aromatic carbocycles. The maximum atomic E-state index is 5.94. The normalized spacial score (nSPS) is 36.8. The van der Waals surface area contributed by atoms with Crippen LogP contribution < -0.4 is 0 Å². The molecule has 2 bridgehead atoms. The van der Waals surface area contributed by atoms with E-state index in [1.165, 1.54) is 18.4 Å². The summed E-state index contributed by atoms with van der Waals surface area (Å²) < 4.78 is 11.9. The molecule has 92 valence electrons. The first-order valence-electron chi connectivity index (χ1n) is 6.52. The second-order valence-corrected chi connectivity index (χ2v) is 5.73. The molecule has 0 aromatic heterocycles. The van der Waals surface area contributed by atoms with Gasteiger partial charge >= 0.3 is 0 Å². The molecule has 3 aliphatic heterocycles. The Balaban J connectivity index is 1.78. The van der Waals surface area contributed by atoms with Crippen molar-refractivity contribution in [1.82, 2.24) is 0 Å². The van der Waals surface area contributed by atoms with Crippen LogP contribution in [0, 0.1) is 5.41 Å². The van der Waals surface area contributed by atoms with Crippen LogP contribution in [-0.4, -0.2) is 19.0 Å². The van der Waals surface area contributed by atoms with Crippen molar-refractivity contribution in [1.29, 1.82) is 0 Å². The van der Waals surface area contributed by atoms with Gasteiger partial charge < -0.3 is 9.47 Å². The lowest BCUT2D eigenvalue weighted by Crippen LogP contribution is -2.46. The molecule has 3 fully saturated rings. The predicted octanol–water partition coefficient (Wildman–Crippen LogP) is 3.16. The molecule has 0 N–H and O–H groups in total. The quantitative estimate of drug-likeness (QED) is 0.779. The summed E-state index contributed by atoms with van der Waals surface area (Å²) in [7, 11) is 0.